The van der Waals surface area contributed by atoms with Gasteiger partial charge in [-0.3, -0.25) is 14.5 Å². The number of carbonyl (C=O) groups excluding carboxylic acids is 2. The highest BCUT2D eigenvalue weighted by atomic mass is 79.9. The Labute approximate surface area is 215 Å². The van der Waals surface area contributed by atoms with Gasteiger partial charge in [-0.15, -0.1) is 0 Å². The van der Waals surface area contributed by atoms with E-state index in [1.807, 2.05) is 48.5 Å². The maximum absolute atomic E-state index is 12.9. The Morgan fingerprint density at radius 1 is 1.12 bits per heavy atom. The lowest BCUT2D eigenvalue weighted by atomic mass is 10.2. The number of amides is 2. The van der Waals surface area contributed by atoms with E-state index >= 15 is 0 Å². The fraction of sp³-hybridized carbons (Fsp3) is 0.0800. The normalized spacial score (nSPS) is 14.4. The quantitative estimate of drug-likeness (QED) is 0.290. The number of thiocarbonyl (C=S) groups is 1. The molecule has 3 aromatic carbocycles. The van der Waals surface area contributed by atoms with Crippen molar-refractivity contribution in [3.8, 4) is 11.5 Å². The van der Waals surface area contributed by atoms with Gasteiger partial charge < -0.3 is 14.8 Å². The molecule has 3 aromatic rings. The van der Waals surface area contributed by atoms with Gasteiger partial charge in [0.2, 0.25) is 0 Å². The number of para-hydroxylation sites is 2. The van der Waals surface area contributed by atoms with Crippen LogP contribution in [0.5, 0.6) is 11.5 Å². The Morgan fingerprint density at radius 3 is 2.62 bits per heavy atom. The molecule has 1 aliphatic heterocycles. The van der Waals surface area contributed by atoms with Crippen LogP contribution in [0.25, 0.3) is 6.08 Å². The van der Waals surface area contributed by atoms with E-state index in [0.29, 0.717) is 26.4 Å². The molecule has 0 radical (unpaired) electrons. The van der Waals surface area contributed by atoms with Crippen molar-refractivity contribution in [3.05, 3.63) is 87.7 Å². The van der Waals surface area contributed by atoms with E-state index < -0.39 is 0 Å². The van der Waals surface area contributed by atoms with E-state index in [9.17, 15) is 9.59 Å². The van der Waals surface area contributed by atoms with Gasteiger partial charge in [-0.25, -0.2) is 0 Å². The van der Waals surface area contributed by atoms with Crippen molar-refractivity contribution in [1.29, 1.82) is 0 Å². The second-order valence-corrected chi connectivity index (χ2v) is 9.69. The Hall–Kier alpha value is -3.14. The minimum atomic E-state index is -0.301. The number of benzene rings is 3. The molecule has 0 aliphatic carbocycles. The summed E-state index contributed by atoms with van der Waals surface area (Å²) in [7, 11) is 1.54. The number of methoxy groups -OCH3 is 1. The maximum Gasteiger partial charge on any atom is 0.270 e. The second kappa shape index (κ2) is 10.9. The van der Waals surface area contributed by atoms with E-state index in [4.69, 9.17) is 21.7 Å². The molecule has 0 spiro atoms. The Morgan fingerprint density at radius 2 is 1.88 bits per heavy atom. The summed E-state index contributed by atoms with van der Waals surface area (Å²) >= 11 is 10.1. The highest BCUT2D eigenvalue weighted by molar-refractivity contribution is 9.10. The molecular formula is C25H19BrN2O4S2. The molecule has 2 amide bonds. The van der Waals surface area contributed by atoms with E-state index in [2.05, 4.69) is 21.2 Å². The number of rotatable bonds is 7. The first-order valence-electron chi connectivity index (χ1n) is 10.1. The molecule has 0 atom stereocenters. The van der Waals surface area contributed by atoms with Gasteiger partial charge in [-0.05, 0) is 54.1 Å². The highest BCUT2D eigenvalue weighted by Crippen LogP contribution is 2.36. The second-order valence-electron chi connectivity index (χ2n) is 7.10. The van der Waals surface area contributed by atoms with Gasteiger partial charge >= 0.3 is 0 Å². The van der Waals surface area contributed by atoms with Gasteiger partial charge in [0.25, 0.3) is 11.8 Å². The van der Waals surface area contributed by atoms with Crippen LogP contribution in [0.4, 0.5) is 11.4 Å². The third-order valence-electron chi connectivity index (χ3n) is 4.79. The first-order chi connectivity index (χ1) is 16.4. The molecule has 34 heavy (non-hydrogen) atoms. The van der Waals surface area contributed by atoms with E-state index in [0.717, 1.165) is 15.7 Å². The van der Waals surface area contributed by atoms with Gasteiger partial charge in [0, 0.05) is 4.47 Å². The number of carbonyl (C=O) groups is 2. The zero-order valence-corrected chi connectivity index (χ0v) is 21.2. The fourth-order valence-electron chi connectivity index (χ4n) is 3.20. The van der Waals surface area contributed by atoms with Crippen LogP contribution in [-0.4, -0.2) is 29.9 Å². The molecule has 4 rings (SSSR count). The molecule has 1 heterocycles. The van der Waals surface area contributed by atoms with Gasteiger partial charge in [-0.1, -0.05) is 70.2 Å². The van der Waals surface area contributed by atoms with Crippen LogP contribution >= 0.6 is 39.9 Å². The van der Waals surface area contributed by atoms with Crippen LogP contribution in [0.2, 0.25) is 0 Å². The molecule has 0 saturated carbocycles. The SMILES string of the molecule is COc1ccccc1NC(=O)COc1ccc(/C=C2\SC(=S)N(c3cccc(Br)c3)C2=O)cc1. The largest absolute Gasteiger partial charge is 0.495 e. The number of hydrogen-bond donors (Lipinski definition) is 1. The lowest BCUT2D eigenvalue weighted by molar-refractivity contribution is -0.118. The lowest BCUT2D eigenvalue weighted by Gasteiger charge is -2.14. The van der Waals surface area contributed by atoms with Crippen LogP contribution in [0.1, 0.15) is 5.56 Å². The molecule has 1 aliphatic rings. The molecule has 1 N–H and O–H groups in total. The summed E-state index contributed by atoms with van der Waals surface area (Å²) < 4.78 is 12.2. The number of thioether (sulfide) groups is 1. The molecule has 6 nitrogen and oxygen atoms in total. The van der Waals surface area contributed by atoms with Crippen molar-refractivity contribution in [2.45, 2.75) is 0 Å². The Kier molecular flexibility index (Phi) is 7.66. The molecule has 1 fully saturated rings. The van der Waals surface area contributed by atoms with Crippen LogP contribution < -0.4 is 19.7 Å². The third-order valence-corrected chi connectivity index (χ3v) is 6.58. The first kappa shape index (κ1) is 24.0. The van der Waals surface area contributed by atoms with Crippen LogP contribution in [0.15, 0.2) is 82.2 Å². The van der Waals surface area contributed by atoms with Crippen molar-refractivity contribution >= 4 is 73.5 Å². The Balaban J connectivity index is 1.37. The summed E-state index contributed by atoms with van der Waals surface area (Å²) in [6.45, 7) is -0.150. The molecule has 0 bridgehead atoms. The van der Waals surface area contributed by atoms with Crippen molar-refractivity contribution < 1.29 is 19.1 Å². The monoisotopic (exact) mass is 554 g/mol. The molecule has 0 unspecified atom stereocenters. The average Bonchev–Trinajstić information content (AvgIpc) is 3.11. The van der Waals surface area contributed by atoms with Crippen LogP contribution in [-0.2, 0) is 9.59 Å². The van der Waals surface area contributed by atoms with Crippen molar-refractivity contribution in [3.63, 3.8) is 0 Å². The summed E-state index contributed by atoms with van der Waals surface area (Å²) in [4.78, 5) is 27.2. The van der Waals surface area contributed by atoms with Gasteiger partial charge in [-0.2, -0.15) is 0 Å². The summed E-state index contributed by atoms with van der Waals surface area (Å²) in [5.74, 6) is 0.644. The number of halogens is 1. The third kappa shape index (κ3) is 5.67. The molecule has 9 heteroatoms. The zero-order chi connectivity index (χ0) is 24.1. The fourth-order valence-corrected chi connectivity index (χ4v) is 4.89. The Bertz CT molecular complexity index is 1280. The summed E-state index contributed by atoms with van der Waals surface area (Å²) in [5, 5.41) is 2.76. The number of nitrogens with zero attached hydrogens (tertiary/aromatic N) is 1. The predicted molar refractivity (Wildman–Crippen MR) is 143 cm³/mol. The summed E-state index contributed by atoms with van der Waals surface area (Å²) in [6, 6.07) is 21.7. The zero-order valence-electron chi connectivity index (χ0n) is 18.0. The summed E-state index contributed by atoms with van der Waals surface area (Å²) in [6.07, 6.45) is 1.79. The topological polar surface area (TPSA) is 67.9 Å². The maximum atomic E-state index is 12.9. The van der Waals surface area contributed by atoms with Crippen molar-refractivity contribution in [2.75, 3.05) is 23.9 Å². The summed E-state index contributed by atoms with van der Waals surface area (Å²) in [5.41, 5.74) is 2.12. The lowest BCUT2D eigenvalue weighted by Crippen LogP contribution is -2.27. The van der Waals surface area contributed by atoms with E-state index in [-0.39, 0.29) is 18.4 Å². The van der Waals surface area contributed by atoms with Gasteiger partial charge in [0.05, 0.1) is 23.4 Å². The smallest absolute Gasteiger partial charge is 0.270 e. The number of ether oxygens (including phenoxy) is 2. The molecule has 172 valence electrons. The first-order valence-corrected chi connectivity index (χ1v) is 12.2. The minimum absolute atomic E-state index is 0.150. The van der Waals surface area contributed by atoms with Gasteiger partial charge in [0.1, 0.15) is 11.5 Å². The minimum Gasteiger partial charge on any atom is -0.495 e. The van der Waals surface area contributed by atoms with E-state index in [1.54, 1.807) is 37.5 Å². The molecule has 1 saturated heterocycles. The highest BCUT2D eigenvalue weighted by Gasteiger charge is 2.33. The van der Waals surface area contributed by atoms with Crippen molar-refractivity contribution in [2.24, 2.45) is 0 Å². The molecule has 0 aromatic heterocycles. The predicted octanol–water partition coefficient (Wildman–Crippen LogP) is 5.88. The number of anilines is 2. The van der Waals surface area contributed by atoms with Gasteiger partial charge in [0.15, 0.2) is 10.9 Å². The number of nitrogens with one attached hydrogen (secondary N) is 1. The van der Waals surface area contributed by atoms with Crippen LogP contribution in [0.3, 0.4) is 0 Å². The standard InChI is InChI=1S/C25H19BrN2O4S2/c1-31-21-8-3-2-7-20(21)27-23(29)15-32-19-11-9-16(10-12-19)13-22-24(30)28(25(33)34-22)18-6-4-5-17(26)14-18/h2-14H,15H2,1H3,(H,27,29)/b22-13-. The molecular weight excluding hydrogens is 536 g/mol. The van der Waals surface area contributed by atoms with Crippen molar-refractivity contribution in [1.82, 2.24) is 0 Å². The van der Waals surface area contributed by atoms with E-state index in [1.165, 1.54) is 16.7 Å². The number of hydrogen-bond acceptors (Lipinski definition) is 6. The van der Waals surface area contributed by atoms with Crippen LogP contribution in [0, 0.1) is 0 Å². The average molecular weight is 555 g/mol.